The lowest BCUT2D eigenvalue weighted by atomic mass is 9.78. The molecule has 6 heteroatoms. The van der Waals surface area contributed by atoms with Crippen LogP contribution in [0.5, 0.6) is 0 Å². The molecule has 170 valence electrons. The van der Waals surface area contributed by atoms with E-state index in [4.69, 9.17) is 0 Å². The summed E-state index contributed by atoms with van der Waals surface area (Å²) in [4.78, 5) is 33.9. The third-order valence-electron chi connectivity index (χ3n) is 7.40. The predicted octanol–water partition coefficient (Wildman–Crippen LogP) is 5.70. The lowest BCUT2D eigenvalue weighted by molar-refractivity contribution is -0.125. The highest BCUT2D eigenvalue weighted by Gasteiger charge is 2.60. The molecule has 1 N–H and O–H groups in total. The number of halogens is 1. The molecule has 3 aromatic carbocycles. The minimum atomic E-state index is -1.18. The number of aromatic nitrogens is 1. The van der Waals surface area contributed by atoms with Crippen molar-refractivity contribution in [1.29, 1.82) is 0 Å². The van der Waals surface area contributed by atoms with Crippen molar-refractivity contribution in [3.63, 3.8) is 0 Å². The number of amides is 3. The number of nitrogens with zero attached hydrogens (tertiary/aromatic N) is 2. The van der Waals surface area contributed by atoms with Gasteiger partial charge in [-0.1, -0.05) is 49.4 Å². The number of carbonyl (C=O) groups is 2. The second-order valence-corrected chi connectivity index (χ2v) is 9.19. The van der Waals surface area contributed by atoms with Crippen LogP contribution in [0.4, 0.5) is 14.9 Å². The van der Waals surface area contributed by atoms with Crippen LogP contribution in [0.1, 0.15) is 42.1 Å². The van der Waals surface area contributed by atoms with E-state index >= 15 is 0 Å². The van der Waals surface area contributed by atoms with Gasteiger partial charge in [0, 0.05) is 23.4 Å². The maximum Gasteiger partial charge on any atom is 0.332 e. The number of benzene rings is 3. The van der Waals surface area contributed by atoms with Gasteiger partial charge in [-0.05, 0) is 60.4 Å². The van der Waals surface area contributed by atoms with Crippen molar-refractivity contribution in [3.8, 4) is 0 Å². The molecule has 3 amide bonds. The normalized spacial score (nSPS) is 21.8. The number of carbonyl (C=O) groups excluding carboxylic acids is 2. The fraction of sp³-hybridized carbons (Fsp3) is 0.214. The standard InChI is InChI=1S/C28H24FN3O2/c1-3-17-8-10-18(11-9-17)22-16-31-27(34)32(20-14-12-19(29)13-15-20)26(33)28(31,2)25-24(22)21-6-4-5-7-23(21)30-25/h4-15,22,30H,3,16H2,1-2H3/t22-,28-/m0/s1. The van der Waals surface area contributed by atoms with E-state index in [1.54, 1.807) is 11.8 Å². The van der Waals surface area contributed by atoms with Crippen molar-refractivity contribution < 1.29 is 14.0 Å². The Balaban J connectivity index is 1.56. The second kappa shape index (κ2) is 7.29. The molecule has 0 bridgehead atoms. The van der Waals surface area contributed by atoms with Gasteiger partial charge in [-0.3, -0.25) is 4.79 Å². The number of hydrogen-bond acceptors (Lipinski definition) is 2. The average molecular weight is 454 g/mol. The second-order valence-electron chi connectivity index (χ2n) is 9.19. The molecule has 2 aliphatic heterocycles. The monoisotopic (exact) mass is 453 g/mol. The number of H-pyrrole nitrogens is 1. The number of rotatable bonds is 3. The Morgan fingerprint density at radius 3 is 2.41 bits per heavy atom. The lowest BCUT2D eigenvalue weighted by Gasteiger charge is -2.40. The van der Waals surface area contributed by atoms with Crippen LogP contribution in [0.2, 0.25) is 0 Å². The van der Waals surface area contributed by atoms with E-state index in [1.807, 2.05) is 18.2 Å². The molecule has 1 saturated heterocycles. The first-order chi connectivity index (χ1) is 16.4. The van der Waals surface area contributed by atoms with Gasteiger partial charge in [0.2, 0.25) is 0 Å². The maximum atomic E-state index is 13.9. The van der Waals surface area contributed by atoms with Gasteiger partial charge >= 0.3 is 6.03 Å². The molecule has 3 heterocycles. The van der Waals surface area contributed by atoms with E-state index < -0.39 is 17.4 Å². The maximum absolute atomic E-state index is 13.9. The van der Waals surface area contributed by atoms with Gasteiger partial charge in [-0.25, -0.2) is 14.1 Å². The topological polar surface area (TPSA) is 56.4 Å². The molecule has 2 atom stereocenters. The zero-order valence-corrected chi connectivity index (χ0v) is 19.0. The summed E-state index contributed by atoms with van der Waals surface area (Å²) in [6, 6.07) is 21.6. The Bertz CT molecular complexity index is 1440. The largest absolute Gasteiger partial charge is 0.356 e. The number of hydrogen-bond donors (Lipinski definition) is 1. The summed E-state index contributed by atoms with van der Waals surface area (Å²) in [6.07, 6.45) is 0.951. The summed E-state index contributed by atoms with van der Waals surface area (Å²) in [5, 5.41) is 1.06. The van der Waals surface area contributed by atoms with E-state index in [-0.39, 0.29) is 11.8 Å². The van der Waals surface area contributed by atoms with Crippen LogP contribution in [0.15, 0.2) is 72.8 Å². The predicted molar refractivity (Wildman–Crippen MR) is 129 cm³/mol. The molecule has 2 aliphatic rings. The average Bonchev–Trinajstić information content (AvgIpc) is 3.34. The molecule has 0 radical (unpaired) electrons. The Hall–Kier alpha value is -3.93. The molecule has 0 aliphatic carbocycles. The Morgan fingerprint density at radius 1 is 1.00 bits per heavy atom. The number of urea groups is 1. The van der Waals surface area contributed by atoms with Crippen molar-refractivity contribution in [1.82, 2.24) is 9.88 Å². The quantitative estimate of drug-likeness (QED) is 0.405. The molecule has 34 heavy (non-hydrogen) atoms. The number of nitrogens with one attached hydrogen (secondary N) is 1. The highest BCUT2D eigenvalue weighted by molar-refractivity contribution is 6.23. The molecular weight excluding hydrogens is 429 g/mol. The van der Waals surface area contributed by atoms with Crippen molar-refractivity contribution in [3.05, 3.63) is 101 Å². The summed E-state index contributed by atoms with van der Waals surface area (Å²) in [5.74, 6) is -0.841. The molecule has 1 fully saturated rings. The first-order valence-corrected chi connectivity index (χ1v) is 11.5. The fourth-order valence-electron chi connectivity index (χ4n) is 5.49. The van der Waals surface area contributed by atoms with E-state index in [2.05, 4.69) is 42.2 Å². The lowest BCUT2D eigenvalue weighted by Crippen LogP contribution is -2.50. The van der Waals surface area contributed by atoms with Crippen molar-refractivity contribution in [2.45, 2.75) is 31.7 Å². The minimum absolute atomic E-state index is 0.0879. The number of anilines is 1. The molecule has 5 nitrogen and oxygen atoms in total. The highest BCUT2D eigenvalue weighted by atomic mass is 19.1. The summed E-state index contributed by atoms with van der Waals surface area (Å²) in [6.45, 7) is 4.30. The van der Waals surface area contributed by atoms with Gasteiger partial charge in [0.05, 0.1) is 11.4 Å². The van der Waals surface area contributed by atoms with Crippen molar-refractivity contribution >= 4 is 28.5 Å². The van der Waals surface area contributed by atoms with E-state index in [1.165, 1.54) is 34.7 Å². The molecule has 0 unspecified atom stereocenters. The van der Waals surface area contributed by atoms with E-state index in [0.29, 0.717) is 12.2 Å². The van der Waals surface area contributed by atoms with Crippen LogP contribution in [-0.2, 0) is 16.8 Å². The Kier molecular flexibility index (Phi) is 4.43. The van der Waals surface area contributed by atoms with E-state index in [9.17, 15) is 14.0 Å². The summed E-state index contributed by atoms with van der Waals surface area (Å²) in [5.41, 5.74) is 4.27. The highest BCUT2D eigenvalue weighted by Crippen LogP contribution is 2.50. The van der Waals surface area contributed by atoms with Gasteiger partial charge in [-0.15, -0.1) is 0 Å². The number of imide groups is 1. The summed E-state index contributed by atoms with van der Waals surface area (Å²) < 4.78 is 13.5. The summed E-state index contributed by atoms with van der Waals surface area (Å²) in [7, 11) is 0. The van der Waals surface area contributed by atoms with E-state index in [0.717, 1.165) is 34.1 Å². The van der Waals surface area contributed by atoms with Gasteiger partial charge < -0.3 is 9.88 Å². The Labute approximate surface area is 196 Å². The van der Waals surface area contributed by atoms with Crippen molar-refractivity contribution in [2.75, 3.05) is 11.4 Å². The molecule has 1 aromatic heterocycles. The van der Waals surface area contributed by atoms with Crippen molar-refractivity contribution in [2.24, 2.45) is 0 Å². The zero-order valence-electron chi connectivity index (χ0n) is 19.0. The Morgan fingerprint density at radius 2 is 1.71 bits per heavy atom. The van der Waals surface area contributed by atoms with Gasteiger partial charge in [0.15, 0.2) is 5.54 Å². The number of fused-ring (bicyclic) bond motifs is 5. The van der Waals surface area contributed by atoms with Gasteiger partial charge in [-0.2, -0.15) is 0 Å². The first kappa shape index (κ1) is 20.7. The van der Waals surface area contributed by atoms with Crippen LogP contribution in [0, 0.1) is 5.82 Å². The molecule has 0 saturated carbocycles. The third kappa shape index (κ3) is 2.71. The molecule has 6 rings (SSSR count). The van der Waals surface area contributed by atoms with Gasteiger partial charge in [0.1, 0.15) is 5.82 Å². The third-order valence-corrected chi connectivity index (χ3v) is 7.40. The molecular formula is C28H24FN3O2. The minimum Gasteiger partial charge on any atom is -0.356 e. The van der Waals surface area contributed by atoms with Crippen LogP contribution in [0.3, 0.4) is 0 Å². The molecule has 0 spiro atoms. The number of para-hydroxylation sites is 1. The smallest absolute Gasteiger partial charge is 0.332 e. The van der Waals surface area contributed by atoms with Crippen LogP contribution in [-0.4, -0.2) is 28.4 Å². The zero-order chi connectivity index (χ0) is 23.6. The fourth-order valence-corrected chi connectivity index (χ4v) is 5.49. The SMILES string of the molecule is CCc1ccc([C@@H]2CN3C(=O)N(c4ccc(F)cc4)C(=O)[C@]3(C)c3[nH]c4ccccc4c32)cc1. The van der Waals surface area contributed by atoms with Crippen LogP contribution >= 0.6 is 0 Å². The number of aromatic amines is 1. The van der Waals surface area contributed by atoms with Crippen LogP contribution in [0.25, 0.3) is 10.9 Å². The van der Waals surface area contributed by atoms with Crippen LogP contribution < -0.4 is 4.90 Å². The van der Waals surface area contributed by atoms with Gasteiger partial charge in [0.25, 0.3) is 5.91 Å². The molecule has 4 aromatic rings. The summed E-state index contributed by atoms with van der Waals surface area (Å²) >= 11 is 0. The first-order valence-electron chi connectivity index (χ1n) is 11.5. The number of aryl methyl sites for hydroxylation is 1.